The first kappa shape index (κ1) is 16.2. The number of benzene rings is 1. The van der Waals surface area contributed by atoms with Crippen molar-refractivity contribution in [3.05, 3.63) is 71.9 Å². The molecule has 5 rings (SSSR count). The van der Waals surface area contributed by atoms with E-state index in [0.29, 0.717) is 5.92 Å². The number of allylic oxidation sites excluding steroid dienone is 1. The molecule has 0 N–H and O–H groups in total. The van der Waals surface area contributed by atoms with Crippen LogP contribution < -0.4 is 4.74 Å². The summed E-state index contributed by atoms with van der Waals surface area (Å²) < 4.78 is 8.32. The molecule has 3 heterocycles. The van der Waals surface area contributed by atoms with Crippen molar-refractivity contribution < 1.29 is 4.74 Å². The maximum Gasteiger partial charge on any atom is 0.213 e. The molecule has 5 heteroatoms. The summed E-state index contributed by atoms with van der Waals surface area (Å²) >= 11 is 0. The Morgan fingerprint density at radius 3 is 2.63 bits per heavy atom. The van der Waals surface area contributed by atoms with Gasteiger partial charge in [-0.1, -0.05) is 36.4 Å². The van der Waals surface area contributed by atoms with Crippen molar-refractivity contribution in [2.75, 3.05) is 0 Å². The highest BCUT2D eigenvalue weighted by Gasteiger charge is 2.29. The van der Waals surface area contributed by atoms with Crippen molar-refractivity contribution in [3.63, 3.8) is 0 Å². The number of pyridine rings is 1. The van der Waals surface area contributed by atoms with Gasteiger partial charge in [0, 0.05) is 24.6 Å². The lowest BCUT2D eigenvalue weighted by molar-refractivity contribution is 0.139. The van der Waals surface area contributed by atoms with Crippen molar-refractivity contribution in [1.29, 1.82) is 0 Å². The van der Waals surface area contributed by atoms with Crippen LogP contribution in [0.25, 0.3) is 11.8 Å². The van der Waals surface area contributed by atoms with Gasteiger partial charge in [-0.25, -0.2) is 4.98 Å². The van der Waals surface area contributed by atoms with Crippen LogP contribution in [0.3, 0.4) is 0 Å². The summed E-state index contributed by atoms with van der Waals surface area (Å²) in [6.07, 6.45) is 11.3. The fourth-order valence-corrected chi connectivity index (χ4v) is 4.14. The van der Waals surface area contributed by atoms with Crippen LogP contribution in [-0.4, -0.2) is 25.9 Å². The summed E-state index contributed by atoms with van der Waals surface area (Å²) in [5.74, 6) is 3.26. The number of nitrogens with zero attached hydrogens (tertiary/aromatic N) is 4. The van der Waals surface area contributed by atoms with Crippen LogP contribution in [0.1, 0.15) is 48.8 Å². The Kier molecular flexibility index (Phi) is 4.20. The topological polar surface area (TPSA) is 52.8 Å². The van der Waals surface area contributed by atoms with Crippen molar-refractivity contribution in [2.24, 2.45) is 0 Å². The van der Waals surface area contributed by atoms with E-state index in [9.17, 15) is 0 Å². The Labute approximate surface area is 158 Å². The molecule has 1 aliphatic carbocycles. The van der Waals surface area contributed by atoms with E-state index in [1.807, 2.05) is 18.2 Å². The monoisotopic (exact) mass is 358 g/mol. The predicted molar refractivity (Wildman–Crippen MR) is 104 cm³/mol. The van der Waals surface area contributed by atoms with Gasteiger partial charge in [-0.05, 0) is 43.4 Å². The SMILES string of the molecule is C1=Cc2ccccc2-n2c(nnc2[C@H]2CC[C@H](Oc3ccccn3)CC2)C1. The third kappa shape index (κ3) is 3.14. The summed E-state index contributed by atoms with van der Waals surface area (Å²) in [4.78, 5) is 4.28. The largest absolute Gasteiger partial charge is 0.474 e. The second-order valence-electron chi connectivity index (χ2n) is 7.23. The Bertz CT molecular complexity index is 955. The molecule has 0 bridgehead atoms. The number of aromatic nitrogens is 4. The van der Waals surface area contributed by atoms with Crippen molar-refractivity contribution in [1.82, 2.24) is 19.7 Å². The van der Waals surface area contributed by atoms with Crippen LogP contribution in [-0.2, 0) is 6.42 Å². The molecule has 2 aromatic heterocycles. The summed E-state index contributed by atoms with van der Waals surface area (Å²) in [7, 11) is 0. The normalized spacial score (nSPS) is 21.2. The maximum absolute atomic E-state index is 6.05. The van der Waals surface area contributed by atoms with Gasteiger partial charge in [0.1, 0.15) is 17.8 Å². The Morgan fingerprint density at radius 2 is 1.78 bits per heavy atom. The van der Waals surface area contributed by atoms with Gasteiger partial charge in [0.2, 0.25) is 5.88 Å². The number of rotatable bonds is 3. The zero-order valence-electron chi connectivity index (χ0n) is 15.2. The zero-order chi connectivity index (χ0) is 18.1. The predicted octanol–water partition coefficient (Wildman–Crippen LogP) is 4.34. The summed E-state index contributed by atoms with van der Waals surface area (Å²) in [5.41, 5.74) is 2.41. The van der Waals surface area contributed by atoms with Crippen LogP contribution in [0.2, 0.25) is 0 Å². The lowest BCUT2D eigenvalue weighted by Gasteiger charge is -2.28. The smallest absolute Gasteiger partial charge is 0.213 e. The molecule has 3 aromatic rings. The summed E-state index contributed by atoms with van der Waals surface area (Å²) in [6, 6.07) is 14.3. The number of para-hydroxylation sites is 1. The molecule has 0 radical (unpaired) electrons. The average Bonchev–Trinajstić information content (AvgIpc) is 3.05. The van der Waals surface area contributed by atoms with E-state index in [-0.39, 0.29) is 6.10 Å². The summed E-state index contributed by atoms with van der Waals surface area (Å²) in [5, 5.41) is 9.09. The molecule has 0 atom stereocenters. The average molecular weight is 358 g/mol. The van der Waals surface area contributed by atoms with E-state index in [0.717, 1.165) is 49.6 Å². The van der Waals surface area contributed by atoms with Gasteiger partial charge in [-0.3, -0.25) is 4.57 Å². The van der Waals surface area contributed by atoms with Crippen LogP contribution in [0.15, 0.2) is 54.7 Å². The number of ether oxygens (including phenoxy) is 1. The highest BCUT2D eigenvalue weighted by atomic mass is 16.5. The van der Waals surface area contributed by atoms with Crippen molar-refractivity contribution in [2.45, 2.75) is 44.1 Å². The molecular formula is C22H22N4O. The highest BCUT2D eigenvalue weighted by Crippen LogP contribution is 2.36. The minimum Gasteiger partial charge on any atom is -0.474 e. The molecule has 1 aromatic carbocycles. The second-order valence-corrected chi connectivity index (χ2v) is 7.23. The highest BCUT2D eigenvalue weighted by molar-refractivity contribution is 5.62. The molecule has 27 heavy (non-hydrogen) atoms. The Balaban J connectivity index is 1.36. The van der Waals surface area contributed by atoms with Gasteiger partial charge in [0.25, 0.3) is 0 Å². The van der Waals surface area contributed by atoms with Crippen LogP contribution in [0.5, 0.6) is 5.88 Å². The number of hydrogen-bond donors (Lipinski definition) is 0. The third-order valence-electron chi connectivity index (χ3n) is 5.50. The Morgan fingerprint density at radius 1 is 0.926 bits per heavy atom. The molecule has 1 aliphatic heterocycles. The molecule has 0 spiro atoms. The van der Waals surface area contributed by atoms with Gasteiger partial charge < -0.3 is 4.74 Å². The first-order valence-corrected chi connectivity index (χ1v) is 9.66. The van der Waals surface area contributed by atoms with Crippen LogP contribution >= 0.6 is 0 Å². The lowest BCUT2D eigenvalue weighted by atomic mass is 9.86. The molecular weight excluding hydrogens is 336 g/mol. The lowest BCUT2D eigenvalue weighted by Crippen LogP contribution is -2.25. The summed E-state index contributed by atoms with van der Waals surface area (Å²) in [6.45, 7) is 0. The first-order valence-electron chi connectivity index (χ1n) is 9.66. The molecule has 0 amide bonds. The number of fused-ring (bicyclic) bond motifs is 3. The van der Waals surface area contributed by atoms with E-state index in [1.165, 1.54) is 11.3 Å². The van der Waals surface area contributed by atoms with E-state index in [4.69, 9.17) is 4.74 Å². The van der Waals surface area contributed by atoms with E-state index >= 15 is 0 Å². The molecule has 1 saturated carbocycles. The van der Waals surface area contributed by atoms with E-state index in [1.54, 1.807) is 6.20 Å². The fourth-order valence-electron chi connectivity index (χ4n) is 4.14. The zero-order valence-corrected chi connectivity index (χ0v) is 15.2. The number of hydrogen-bond acceptors (Lipinski definition) is 4. The van der Waals surface area contributed by atoms with Crippen molar-refractivity contribution in [3.8, 4) is 11.6 Å². The van der Waals surface area contributed by atoms with Gasteiger partial charge in [0.05, 0.1) is 5.69 Å². The van der Waals surface area contributed by atoms with Crippen LogP contribution in [0, 0.1) is 0 Å². The third-order valence-corrected chi connectivity index (χ3v) is 5.50. The van der Waals surface area contributed by atoms with Gasteiger partial charge in [0.15, 0.2) is 0 Å². The molecule has 5 nitrogen and oxygen atoms in total. The van der Waals surface area contributed by atoms with E-state index in [2.05, 4.69) is 56.2 Å². The standard InChI is InChI=1S/C22H22N4O/c1-2-8-19-16(6-1)7-5-9-20-24-25-22(26(19)20)17-11-13-18(14-12-17)27-21-10-3-4-15-23-21/h1-8,10,15,17-18H,9,11-14H2/t17-,18-. The first-order chi connectivity index (χ1) is 13.4. The van der Waals surface area contributed by atoms with Gasteiger partial charge in [-0.15, -0.1) is 10.2 Å². The van der Waals surface area contributed by atoms with Gasteiger partial charge in [-0.2, -0.15) is 0 Å². The maximum atomic E-state index is 6.05. The molecule has 136 valence electrons. The fraction of sp³-hybridized carbons (Fsp3) is 0.318. The Hall–Kier alpha value is -2.95. The van der Waals surface area contributed by atoms with Crippen molar-refractivity contribution >= 4 is 6.08 Å². The molecule has 0 saturated heterocycles. The second kappa shape index (κ2) is 6.99. The minimum absolute atomic E-state index is 0.233. The van der Waals surface area contributed by atoms with Gasteiger partial charge >= 0.3 is 0 Å². The molecule has 1 fully saturated rings. The molecule has 0 unspecified atom stereocenters. The minimum atomic E-state index is 0.233. The van der Waals surface area contributed by atoms with Crippen LogP contribution in [0.4, 0.5) is 0 Å². The quantitative estimate of drug-likeness (QED) is 0.699. The molecule has 2 aliphatic rings. The van der Waals surface area contributed by atoms with E-state index < -0.39 is 0 Å².